The molecule has 0 radical (unpaired) electrons. The van der Waals surface area contributed by atoms with Crippen molar-refractivity contribution in [3.05, 3.63) is 29.3 Å². The minimum absolute atomic E-state index is 0.0447. The fourth-order valence-electron chi connectivity index (χ4n) is 1.71. The molecule has 0 saturated carbocycles. The number of amides is 1. The fourth-order valence-corrected chi connectivity index (χ4v) is 1.71. The lowest BCUT2D eigenvalue weighted by Gasteiger charge is -2.12. The van der Waals surface area contributed by atoms with Crippen molar-refractivity contribution in [3.8, 4) is 0 Å². The quantitative estimate of drug-likeness (QED) is 0.785. The Morgan fingerprint density at radius 3 is 2.76 bits per heavy atom. The number of rotatable bonds is 2. The third kappa shape index (κ3) is 2.30. The smallest absolute Gasteiger partial charge is 0.256 e. The van der Waals surface area contributed by atoms with E-state index in [1.807, 2.05) is 39.0 Å². The maximum atomic E-state index is 11.8. The highest BCUT2D eigenvalue weighted by atomic mass is 16.5. The number of benzene rings is 1. The van der Waals surface area contributed by atoms with Crippen molar-refractivity contribution in [2.75, 3.05) is 11.6 Å². The molecule has 90 valence electrons. The van der Waals surface area contributed by atoms with Crippen molar-refractivity contribution < 1.29 is 9.53 Å². The van der Waals surface area contributed by atoms with Gasteiger partial charge in [0.2, 0.25) is 5.90 Å². The molecule has 0 unspecified atom stereocenters. The molecule has 0 aromatic heterocycles. The number of hydrogen-bond acceptors (Lipinski definition) is 3. The van der Waals surface area contributed by atoms with Crippen LogP contribution in [0, 0.1) is 13.8 Å². The maximum absolute atomic E-state index is 11.8. The minimum Gasteiger partial charge on any atom is -0.480 e. The van der Waals surface area contributed by atoms with Gasteiger partial charge >= 0.3 is 0 Å². The van der Waals surface area contributed by atoms with Gasteiger partial charge in [-0.15, -0.1) is 5.10 Å². The normalized spacial score (nSPS) is 15.1. The van der Waals surface area contributed by atoms with Gasteiger partial charge in [-0.25, -0.2) is 0 Å². The number of anilines is 1. The molecule has 17 heavy (non-hydrogen) atoms. The summed E-state index contributed by atoms with van der Waals surface area (Å²) in [4.78, 5) is 11.8. The van der Waals surface area contributed by atoms with Gasteiger partial charge in [0.25, 0.3) is 5.91 Å². The van der Waals surface area contributed by atoms with E-state index in [4.69, 9.17) is 4.74 Å². The van der Waals surface area contributed by atoms with E-state index >= 15 is 0 Å². The lowest BCUT2D eigenvalue weighted by Crippen LogP contribution is -2.19. The molecule has 0 spiro atoms. The lowest BCUT2D eigenvalue weighted by atomic mass is 10.1. The van der Waals surface area contributed by atoms with Gasteiger partial charge in [0.15, 0.2) is 0 Å². The van der Waals surface area contributed by atoms with Crippen LogP contribution in [0.5, 0.6) is 0 Å². The number of hydrazone groups is 1. The molecule has 4 nitrogen and oxygen atoms in total. The average molecular weight is 232 g/mol. The molecule has 1 aliphatic heterocycles. The lowest BCUT2D eigenvalue weighted by molar-refractivity contribution is -0.117. The Hall–Kier alpha value is -1.84. The standard InChI is InChI=1S/C13H16N2O2/c1-4-17-12-8-13(16)15(14-12)11-6-5-9(2)10(3)7-11/h5-7H,4,8H2,1-3H3. The van der Waals surface area contributed by atoms with Crippen molar-refractivity contribution in [1.29, 1.82) is 0 Å². The topological polar surface area (TPSA) is 41.9 Å². The summed E-state index contributed by atoms with van der Waals surface area (Å²) < 4.78 is 5.27. The van der Waals surface area contributed by atoms with Crippen molar-refractivity contribution in [1.82, 2.24) is 0 Å². The highest BCUT2D eigenvalue weighted by Crippen LogP contribution is 2.23. The molecule has 1 aromatic carbocycles. The summed E-state index contributed by atoms with van der Waals surface area (Å²) in [6.07, 6.45) is 0.251. The predicted molar refractivity (Wildman–Crippen MR) is 67.1 cm³/mol. The zero-order valence-electron chi connectivity index (χ0n) is 10.4. The van der Waals surface area contributed by atoms with Gasteiger partial charge in [-0.1, -0.05) is 6.07 Å². The second kappa shape index (κ2) is 4.57. The summed E-state index contributed by atoms with van der Waals surface area (Å²) >= 11 is 0. The summed E-state index contributed by atoms with van der Waals surface area (Å²) in [5, 5.41) is 5.59. The van der Waals surface area contributed by atoms with E-state index in [1.54, 1.807) is 0 Å². The summed E-state index contributed by atoms with van der Waals surface area (Å²) in [6, 6.07) is 5.86. The summed E-state index contributed by atoms with van der Waals surface area (Å²) in [7, 11) is 0. The molecule has 0 fully saturated rings. The monoisotopic (exact) mass is 232 g/mol. The molecule has 0 saturated heterocycles. The van der Waals surface area contributed by atoms with E-state index < -0.39 is 0 Å². The van der Waals surface area contributed by atoms with Crippen LogP contribution in [0.15, 0.2) is 23.3 Å². The molecular formula is C13H16N2O2. The molecule has 1 aromatic rings. The number of ether oxygens (including phenoxy) is 1. The first kappa shape index (κ1) is 11.6. The van der Waals surface area contributed by atoms with Gasteiger partial charge in [-0.05, 0) is 44.0 Å². The Morgan fingerprint density at radius 1 is 1.35 bits per heavy atom. The van der Waals surface area contributed by atoms with Gasteiger partial charge in [0.05, 0.1) is 12.3 Å². The van der Waals surface area contributed by atoms with Gasteiger partial charge in [-0.2, -0.15) is 5.01 Å². The fraction of sp³-hybridized carbons (Fsp3) is 0.385. The van der Waals surface area contributed by atoms with Crippen LogP contribution >= 0.6 is 0 Å². The third-order valence-electron chi connectivity index (χ3n) is 2.80. The van der Waals surface area contributed by atoms with Gasteiger partial charge < -0.3 is 4.74 Å². The van der Waals surface area contributed by atoms with E-state index in [1.165, 1.54) is 10.6 Å². The summed E-state index contributed by atoms with van der Waals surface area (Å²) in [5.74, 6) is 0.451. The molecule has 1 aliphatic rings. The molecule has 0 aliphatic carbocycles. The zero-order chi connectivity index (χ0) is 12.4. The number of aryl methyl sites for hydroxylation is 2. The second-order valence-corrected chi connectivity index (χ2v) is 4.08. The van der Waals surface area contributed by atoms with E-state index in [9.17, 15) is 4.79 Å². The van der Waals surface area contributed by atoms with Crippen LogP contribution in [-0.2, 0) is 9.53 Å². The van der Waals surface area contributed by atoms with Crippen molar-refractivity contribution in [2.45, 2.75) is 27.2 Å². The van der Waals surface area contributed by atoms with Crippen molar-refractivity contribution in [2.24, 2.45) is 5.10 Å². The Labute approximate surface area is 101 Å². The first-order valence-electron chi connectivity index (χ1n) is 5.72. The number of carbonyl (C=O) groups is 1. The van der Waals surface area contributed by atoms with Crippen LogP contribution < -0.4 is 5.01 Å². The van der Waals surface area contributed by atoms with Crippen LogP contribution in [0.25, 0.3) is 0 Å². The highest BCUT2D eigenvalue weighted by molar-refractivity contribution is 6.10. The predicted octanol–water partition coefficient (Wildman–Crippen LogP) is 2.39. The van der Waals surface area contributed by atoms with E-state index in [2.05, 4.69) is 5.10 Å². The zero-order valence-corrected chi connectivity index (χ0v) is 10.4. The average Bonchev–Trinajstić information content (AvgIpc) is 2.64. The van der Waals surface area contributed by atoms with Crippen LogP contribution in [0.3, 0.4) is 0 Å². The molecule has 4 heteroatoms. The minimum atomic E-state index is -0.0447. The van der Waals surface area contributed by atoms with Crippen LogP contribution in [0.4, 0.5) is 5.69 Å². The Kier molecular flexibility index (Phi) is 3.13. The number of carbonyl (C=O) groups excluding carboxylic acids is 1. The molecule has 0 atom stereocenters. The Balaban J connectivity index is 2.27. The van der Waals surface area contributed by atoms with Gasteiger partial charge in [-0.3, -0.25) is 4.79 Å². The van der Waals surface area contributed by atoms with Crippen molar-refractivity contribution in [3.63, 3.8) is 0 Å². The highest BCUT2D eigenvalue weighted by Gasteiger charge is 2.26. The van der Waals surface area contributed by atoms with E-state index in [-0.39, 0.29) is 12.3 Å². The maximum Gasteiger partial charge on any atom is 0.256 e. The van der Waals surface area contributed by atoms with Crippen LogP contribution in [-0.4, -0.2) is 18.4 Å². The molecular weight excluding hydrogens is 216 g/mol. The Bertz CT molecular complexity index is 480. The largest absolute Gasteiger partial charge is 0.480 e. The second-order valence-electron chi connectivity index (χ2n) is 4.08. The molecule has 1 amide bonds. The number of hydrogen-bond donors (Lipinski definition) is 0. The molecule has 0 N–H and O–H groups in total. The first-order chi connectivity index (χ1) is 8.11. The van der Waals surface area contributed by atoms with Gasteiger partial charge in [0.1, 0.15) is 6.42 Å². The summed E-state index contributed by atoms with van der Waals surface area (Å²) in [6.45, 7) is 6.48. The molecule has 0 bridgehead atoms. The van der Waals surface area contributed by atoms with Crippen LogP contribution in [0.1, 0.15) is 24.5 Å². The van der Waals surface area contributed by atoms with Gasteiger partial charge in [0, 0.05) is 0 Å². The third-order valence-corrected chi connectivity index (χ3v) is 2.80. The SMILES string of the molecule is CCOC1=NN(c2ccc(C)c(C)c2)C(=O)C1. The first-order valence-corrected chi connectivity index (χ1v) is 5.72. The van der Waals surface area contributed by atoms with E-state index in [0.29, 0.717) is 12.5 Å². The summed E-state index contributed by atoms with van der Waals surface area (Å²) in [5.41, 5.74) is 3.15. The Morgan fingerprint density at radius 2 is 2.12 bits per heavy atom. The number of nitrogens with zero attached hydrogens (tertiary/aromatic N) is 2. The molecule has 2 rings (SSSR count). The van der Waals surface area contributed by atoms with Crippen molar-refractivity contribution >= 4 is 17.5 Å². The molecule has 1 heterocycles. The van der Waals surface area contributed by atoms with E-state index in [0.717, 1.165) is 11.3 Å². The van der Waals surface area contributed by atoms with Crippen LogP contribution in [0.2, 0.25) is 0 Å².